The molecule has 1 aliphatic rings. The zero-order chi connectivity index (χ0) is 24.2. The summed E-state index contributed by atoms with van der Waals surface area (Å²) >= 11 is 1.44. The molecule has 1 unspecified atom stereocenters. The molecule has 2 aromatic heterocycles. The van der Waals surface area contributed by atoms with Gasteiger partial charge in [-0.05, 0) is 55.3 Å². The molecule has 0 saturated carbocycles. The lowest BCUT2D eigenvalue weighted by Crippen LogP contribution is -2.16. The van der Waals surface area contributed by atoms with Gasteiger partial charge in [0.05, 0.1) is 32.6 Å². The molecular weight excluding hydrogens is 473 g/mol. The molecule has 11 heteroatoms. The molecule has 1 saturated heterocycles. The third-order valence-electron chi connectivity index (χ3n) is 5.66. The summed E-state index contributed by atoms with van der Waals surface area (Å²) in [6.45, 7) is 1.37. The van der Waals surface area contributed by atoms with Crippen LogP contribution in [0.15, 0.2) is 52.1 Å². The molecule has 0 N–H and O–H groups in total. The van der Waals surface area contributed by atoms with Crippen LogP contribution in [0.3, 0.4) is 0 Å². The highest BCUT2D eigenvalue weighted by Crippen LogP contribution is 2.32. The second kappa shape index (κ2) is 10.4. The van der Waals surface area contributed by atoms with Gasteiger partial charge in [0.1, 0.15) is 5.82 Å². The van der Waals surface area contributed by atoms with Gasteiger partial charge >= 0.3 is 0 Å². The van der Waals surface area contributed by atoms with Crippen LogP contribution in [0.1, 0.15) is 18.7 Å². The first-order valence-electron chi connectivity index (χ1n) is 11.1. The fourth-order valence-electron chi connectivity index (χ4n) is 3.90. The Kier molecular flexibility index (Phi) is 6.96. The van der Waals surface area contributed by atoms with Gasteiger partial charge in [-0.2, -0.15) is 4.98 Å². The van der Waals surface area contributed by atoms with Gasteiger partial charge < -0.3 is 18.7 Å². The van der Waals surface area contributed by atoms with E-state index < -0.39 is 0 Å². The summed E-state index contributed by atoms with van der Waals surface area (Å²) in [5, 5.41) is 13.6. The number of nitrogens with zero attached hydrogens (tertiary/aromatic N) is 5. The molecule has 35 heavy (non-hydrogen) atoms. The Balaban J connectivity index is 1.35. The standard InChI is InChI=1S/C24H24FN5O4S/c1-31-19-10-7-16(12-20(19)32-2)22-26-21(34-29-22)14-35-24-28-27-23(15-5-8-17(25)9-6-15)30(24)13-18-4-3-11-33-18/h5-10,12,18H,3-4,11,13-14H2,1-2H3. The van der Waals surface area contributed by atoms with E-state index in [4.69, 9.17) is 18.7 Å². The van der Waals surface area contributed by atoms with Crippen LogP contribution in [0.2, 0.25) is 0 Å². The third kappa shape index (κ3) is 5.15. The van der Waals surface area contributed by atoms with Crippen LogP contribution < -0.4 is 9.47 Å². The predicted octanol–water partition coefficient (Wildman–Crippen LogP) is 4.62. The second-order valence-corrected chi connectivity index (χ2v) is 8.87. The van der Waals surface area contributed by atoms with E-state index in [1.165, 1.54) is 23.9 Å². The Hall–Kier alpha value is -3.44. The van der Waals surface area contributed by atoms with E-state index in [-0.39, 0.29) is 11.9 Å². The Morgan fingerprint density at radius 1 is 1.06 bits per heavy atom. The maximum absolute atomic E-state index is 13.4. The van der Waals surface area contributed by atoms with Crippen molar-refractivity contribution in [1.82, 2.24) is 24.9 Å². The molecule has 1 atom stereocenters. The number of ether oxygens (including phenoxy) is 3. The fourth-order valence-corrected chi connectivity index (χ4v) is 4.68. The highest BCUT2D eigenvalue weighted by molar-refractivity contribution is 7.98. The molecule has 0 amide bonds. The molecule has 1 fully saturated rings. The Morgan fingerprint density at radius 3 is 2.60 bits per heavy atom. The van der Waals surface area contributed by atoms with Gasteiger partial charge in [0.25, 0.3) is 0 Å². The Morgan fingerprint density at radius 2 is 1.86 bits per heavy atom. The SMILES string of the molecule is COc1ccc(-c2noc(CSc3nnc(-c4ccc(F)cc4)n3CC3CCCO3)n2)cc1OC. The van der Waals surface area contributed by atoms with Crippen LogP contribution in [0.5, 0.6) is 11.5 Å². The predicted molar refractivity (Wildman–Crippen MR) is 127 cm³/mol. The maximum Gasteiger partial charge on any atom is 0.237 e. The van der Waals surface area contributed by atoms with Crippen molar-refractivity contribution in [3.05, 3.63) is 54.2 Å². The Bertz CT molecular complexity index is 1290. The van der Waals surface area contributed by atoms with Crippen molar-refractivity contribution in [3.63, 3.8) is 0 Å². The van der Waals surface area contributed by atoms with Crippen molar-refractivity contribution in [2.75, 3.05) is 20.8 Å². The maximum atomic E-state index is 13.4. The first-order chi connectivity index (χ1) is 17.1. The van der Waals surface area contributed by atoms with Gasteiger partial charge in [-0.25, -0.2) is 4.39 Å². The van der Waals surface area contributed by atoms with Crippen molar-refractivity contribution >= 4 is 11.8 Å². The summed E-state index contributed by atoms with van der Waals surface area (Å²) in [6.07, 6.45) is 2.09. The van der Waals surface area contributed by atoms with E-state index in [1.54, 1.807) is 38.5 Å². The minimum absolute atomic E-state index is 0.0876. The molecule has 3 heterocycles. The first kappa shape index (κ1) is 23.3. The van der Waals surface area contributed by atoms with Crippen molar-refractivity contribution in [2.24, 2.45) is 0 Å². The van der Waals surface area contributed by atoms with Crippen LogP contribution in [0.4, 0.5) is 4.39 Å². The second-order valence-electron chi connectivity index (χ2n) is 7.93. The highest BCUT2D eigenvalue weighted by atomic mass is 32.2. The summed E-state index contributed by atoms with van der Waals surface area (Å²) in [5.41, 5.74) is 1.54. The van der Waals surface area contributed by atoms with E-state index in [9.17, 15) is 4.39 Å². The van der Waals surface area contributed by atoms with Crippen LogP contribution in [-0.4, -0.2) is 51.8 Å². The van der Waals surface area contributed by atoms with Gasteiger partial charge in [0.2, 0.25) is 11.7 Å². The number of benzene rings is 2. The largest absolute Gasteiger partial charge is 0.493 e. The quantitative estimate of drug-likeness (QED) is 0.307. The minimum atomic E-state index is -0.296. The van der Waals surface area contributed by atoms with E-state index in [2.05, 4.69) is 20.3 Å². The first-order valence-corrected chi connectivity index (χ1v) is 12.1. The summed E-state index contributed by atoms with van der Waals surface area (Å²) in [4.78, 5) is 4.52. The minimum Gasteiger partial charge on any atom is -0.493 e. The van der Waals surface area contributed by atoms with Gasteiger partial charge in [-0.15, -0.1) is 10.2 Å². The fraction of sp³-hybridized carbons (Fsp3) is 0.333. The zero-order valence-electron chi connectivity index (χ0n) is 19.3. The molecule has 9 nitrogen and oxygen atoms in total. The van der Waals surface area contributed by atoms with Gasteiger partial charge in [-0.3, -0.25) is 4.57 Å². The summed E-state index contributed by atoms with van der Waals surface area (Å²) < 4.78 is 37.4. The number of hydrogen-bond donors (Lipinski definition) is 0. The number of hydrogen-bond acceptors (Lipinski definition) is 9. The van der Waals surface area contributed by atoms with Crippen molar-refractivity contribution < 1.29 is 23.1 Å². The average molecular weight is 498 g/mol. The van der Waals surface area contributed by atoms with Gasteiger partial charge in [0.15, 0.2) is 22.5 Å². The number of rotatable bonds is 9. The molecular formula is C24H24FN5O4S. The van der Waals surface area contributed by atoms with Crippen LogP contribution in [-0.2, 0) is 17.0 Å². The lowest BCUT2D eigenvalue weighted by atomic mass is 10.2. The summed E-state index contributed by atoms with van der Waals surface area (Å²) in [5.74, 6) is 2.89. The molecule has 5 rings (SSSR count). The summed E-state index contributed by atoms with van der Waals surface area (Å²) in [6, 6.07) is 11.7. The van der Waals surface area contributed by atoms with Crippen LogP contribution in [0.25, 0.3) is 22.8 Å². The van der Waals surface area contributed by atoms with E-state index in [0.717, 1.165) is 30.6 Å². The molecule has 0 bridgehead atoms. The molecule has 0 aliphatic carbocycles. The van der Waals surface area contributed by atoms with E-state index >= 15 is 0 Å². The highest BCUT2D eigenvalue weighted by Gasteiger charge is 2.22. The zero-order valence-corrected chi connectivity index (χ0v) is 20.1. The van der Waals surface area contributed by atoms with Crippen LogP contribution >= 0.6 is 11.8 Å². The summed E-state index contributed by atoms with van der Waals surface area (Å²) in [7, 11) is 3.16. The number of halogens is 1. The number of thioether (sulfide) groups is 1. The monoisotopic (exact) mass is 497 g/mol. The van der Waals surface area contributed by atoms with Gasteiger partial charge in [-0.1, -0.05) is 16.9 Å². The molecule has 4 aromatic rings. The molecule has 0 radical (unpaired) electrons. The van der Waals surface area contributed by atoms with Crippen LogP contribution in [0, 0.1) is 5.82 Å². The van der Waals surface area contributed by atoms with E-state index in [0.29, 0.717) is 46.5 Å². The topological polar surface area (TPSA) is 97.3 Å². The van der Waals surface area contributed by atoms with Crippen molar-refractivity contribution in [1.29, 1.82) is 0 Å². The normalized spacial score (nSPS) is 15.5. The third-order valence-corrected chi connectivity index (χ3v) is 6.62. The smallest absolute Gasteiger partial charge is 0.237 e. The Labute approximate surface area is 205 Å². The number of methoxy groups -OCH3 is 2. The lowest BCUT2D eigenvalue weighted by Gasteiger charge is -2.14. The van der Waals surface area contributed by atoms with E-state index in [1.807, 2.05) is 10.6 Å². The van der Waals surface area contributed by atoms with Gasteiger partial charge in [0, 0.05) is 17.7 Å². The average Bonchev–Trinajstić information content (AvgIpc) is 3.65. The molecule has 2 aromatic carbocycles. The van der Waals surface area contributed by atoms with Crippen molar-refractivity contribution in [3.8, 4) is 34.3 Å². The molecule has 0 spiro atoms. The molecule has 182 valence electrons. The van der Waals surface area contributed by atoms with Crippen molar-refractivity contribution in [2.45, 2.75) is 36.4 Å². The number of aromatic nitrogens is 5. The lowest BCUT2D eigenvalue weighted by molar-refractivity contribution is 0.0953. The molecule has 1 aliphatic heterocycles.